The molecule has 2 aliphatic heterocycles. The molecule has 2 fully saturated rings. The Morgan fingerprint density at radius 2 is 1.73 bits per heavy atom. The number of nitrogens with one attached hydrogen (secondary N) is 1. The van der Waals surface area contributed by atoms with Crippen molar-refractivity contribution in [2.45, 2.75) is 45.6 Å². The molecule has 4 rings (SSSR count). The SMILES string of the molecule is CC.Cn1c(=O)n(C2CCC(=O)NC2=O)c2ccc(N3CCCC3)cc21. The van der Waals surface area contributed by atoms with E-state index in [1.807, 2.05) is 32.0 Å². The van der Waals surface area contributed by atoms with Gasteiger partial charge < -0.3 is 4.90 Å². The van der Waals surface area contributed by atoms with E-state index in [2.05, 4.69) is 10.2 Å². The standard InChI is InChI=1S/C17H20N4O3.C2H6/c1-19-14-10-11(20-8-2-3-9-20)4-5-12(14)21(17(19)24)13-6-7-15(22)18-16(13)23;1-2/h4-5,10,13H,2-3,6-9H2,1H3,(H,18,22,23);1-2H3. The Kier molecular flexibility index (Phi) is 5.15. The molecule has 0 bridgehead atoms. The Hall–Kier alpha value is -2.57. The highest BCUT2D eigenvalue weighted by Crippen LogP contribution is 2.27. The van der Waals surface area contributed by atoms with Crippen molar-refractivity contribution in [2.24, 2.45) is 7.05 Å². The van der Waals surface area contributed by atoms with Crippen molar-refractivity contribution < 1.29 is 9.59 Å². The molecular weight excluding hydrogens is 332 g/mol. The summed E-state index contributed by atoms with van der Waals surface area (Å²) in [6, 6.07) is 5.31. The molecule has 1 N–H and O–H groups in total. The predicted molar refractivity (Wildman–Crippen MR) is 101 cm³/mol. The largest absolute Gasteiger partial charge is 0.371 e. The molecule has 2 saturated heterocycles. The van der Waals surface area contributed by atoms with E-state index in [1.165, 1.54) is 17.4 Å². The molecule has 26 heavy (non-hydrogen) atoms. The molecular formula is C19H26N4O3. The molecule has 2 aliphatic rings. The summed E-state index contributed by atoms with van der Waals surface area (Å²) in [5.74, 6) is -0.676. The quantitative estimate of drug-likeness (QED) is 0.833. The lowest BCUT2D eigenvalue weighted by atomic mass is 10.1. The number of anilines is 1. The first-order valence-corrected chi connectivity index (χ1v) is 9.36. The molecule has 2 amide bonds. The van der Waals surface area contributed by atoms with Gasteiger partial charge in [0.1, 0.15) is 6.04 Å². The van der Waals surface area contributed by atoms with Crippen LogP contribution in [0.5, 0.6) is 0 Å². The molecule has 7 nitrogen and oxygen atoms in total. The lowest BCUT2D eigenvalue weighted by molar-refractivity contribution is -0.135. The van der Waals surface area contributed by atoms with Gasteiger partial charge in [-0.25, -0.2) is 4.79 Å². The third-order valence-corrected chi connectivity index (χ3v) is 5.07. The molecule has 0 spiro atoms. The maximum Gasteiger partial charge on any atom is 0.329 e. The predicted octanol–water partition coefficient (Wildman–Crippen LogP) is 1.94. The number of fused-ring (bicyclic) bond motifs is 1. The van der Waals surface area contributed by atoms with E-state index in [-0.39, 0.29) is 18.0 Å². The minimum absolute atomic E-state index is 0.224. The number of piperidine rings is 1. The zero-order valence-electron chi connectivity index (χ0n) is 15.6. The second-order valence-electron chi connectivity index (χ2n) is 6.55. The highest BCUT2D eigenvalue weighted by Gasteiger charge is 2.31. The number of rotatable bonds is 2. The van der Waals surface area contributed by atoms with Crippen LogP contribution >= 0.6 is 0 Å². The van der Waals surface area contributed by atoms with E-state index in [1.54, 1.807) is 11.6 Å². The maximum atomic E-state index is 12.7. The van der Waals surface area contributed by atoms with Gasteiger partial charge >= 0.3 is 5.69 Å². The van der Waals surface area contributed by atoms with Crippen molar-refractivity contribution >= 4 is 28.5 Å². The lowest BCUT2D eigenvalue weighted by Gasteiger charge is -2.22. The summed E-state index contributed by atoms with van der Waals surface area (Å²) in [4.78, 5) is 38.6. The van der Waals surface area contributed by atoms with Gasteiger partial charge in [0.25, 0.3) is 0 Å². The van der Waals surface area contributed by atoms with Gasteiger partial charge in [-0.1, -0.05) is 13.8 Å². The molecule has 3 heterocycles. The van der Waals surface area contributed by atoms with Gasteiger partial charge in [0.2, 0.25) is 11.8 Å². The van der Waals surface area contributed by atoms with Gasteiger partial charge in [0.15, 0.2) is 0 Å². The molecule has 140 valence electrons. The highest BCUT2D eigenvalue weighted by atomic mass is 16.2. The van der Waals surface area contributed by atoms with E-state index in [4.69, 9.17) is 0 Å². The number of imide groups is 1. The van der Waals surface area contributed by atoms with Gasteiger partial charge in [-0.2, -0.15) is 0 Å². The van der Waals surface area contributed by atoms with E-state index in [0.717, 1.165) is 29.8 Å². The van der Waals surface area contributed by atoms with Crippen molar-refractivity contribution in [3.8, 4) is 0 Å². The summed E-state index contributed by atoms with van der Waals surface area (Å²) in [5.41, 5.74) is 2.43. The molecule has 1 atom stereocenters. The first-order valence-electron chi connectivity index (χ1n) is 9.36. The fraction of sp³-hybridized carbons (Fsp3) is 0.526. The highest BCUT2D eigenvalue weighted by molar-refractivity contribution is 6.00. The fourth-order valence-corrected chi connectivity index (χ4v) is 3.75. The number of benzene rings is 1. The second-order valence-corrected chi connectivity index (χ2v) is 6.55. The Balaban J connectivity index is 0.000000948. The number of hydrogen-bond acceptors (Lipinski definition) is 4. The molecule has 0 radical (unpaired) electrons. The minimum Gasteiger partial charge on any atom is -0.371 e. The average molecular weight is 358 g/mol. The van der Waals surface area contributed by atoms with Gasteiger partial charge in [-0.05, 0) is 37.5 Å². The smallest absolute Gasteiger partial charge is 0.329 e. The van der Waals surface area contributed by atoms with Crippen molar-refractivity contribution in [2.75, 3.05) is 18.0 Å². The van der Waals surface area contributed by atoms with Crippen molar-refractivity contribution in [3.63, 3.8) is 0 Å². The number of amides is 2. The fourth-order valence-electron chi connectivity index (χ4n) is 3.75. The van der Waals surface area contributed by atoms with E-state index < -0.39 is 11.9 Å². The first kappa shape index (κ1) is 18.2. The third kappa shape index (κ3) is 3.02. The number of carbonyl (C=O) groups excluding carboxylic acids is 2. The van der Waals surface area contributed by atoms with Gasteiger partial charge in [0, 0.05) is 32.2 Å². The molecule has 7 heteroatoms. The molecule has 2 aromatic rings. The Morgan fingerprint density at radius 1 is 1.04 bits per heavy atom. The number of aryl methyl sites for hydroxylation is 1. The summed E-state index contributed by atoms with van der Waals surface area (Å²) in [7, 11) is 1.72. The van der Waals surface area contributed by atoms with Crippen molar-refractivity contribution in [1.82, 2.24) is 14.5 Å². The first-order chi connectivity index (χ1) is 12.6. The van der Waals surface area contributed by atoms with Gasteiger partial charge in [-0.15, -0.1) is 0 Å². The summed E-state index contributed by atoms with van der Waals surface area (Å²) in [5, 5.41) is 2.33. The average Bonchev–Trinajstić information content (AvgIpc) is 3.26. The van der Waals surface area contributed by atoms with Crippen LogP contribution in [0.25, 0.3) is 11.0 Å². The summed E-state index contributed by atoms with van der Waals surface area (Å²) < 4.78 is 3.10. The zero-order valence-corrected chi connectivity index (χ0v) is 15.6. The van der Waals surface area contributed by atoms with Gasteiger partial charge in [-0.3, -0.25) is 24.0 Å². The zero-order chi connectivity index (χ0) is 18.8. The Bertz CT molecular complexity index is 890. The van der Waals surface area contributed by atoms with Crippen LogP contribution in [0, 0.1) is 0 Å². The number of carbonyl (C=O) groups is 2. The number of hydrogen-bond donors (Lipinski definition) is 1. The summed E-state index contributed by atoms with van der Waals surface area (Å²) in [6.07, 6.45) is 2.99. The van der Waals surface area contributed by atoms with Crippen LogP contribution in [-0.2, 0) is 16.6 Å². The van der Waals surface area contributed by atoms with Crippen LogP contribution in [0.1, 0.15) is 45.6 Å². The Morgan fingerprint density at radius 3 is 2.38 bits per heavy atom. The maximum absolute atomic E-state index is 12.7. The molecule has 1 aromatic heterocycles. The van der Waals surface area contributed by atoms with E-state index in [9.17, 15) is 14.4 Å². The third-order valence-electron chi connectivity index (χ3n) is 5.07. The molecule has 1 aromatic carbocycles. The van der Waals surface area contributed by atoms with Crippen LogP contribution in [0.2, 0.25) is 0 Å². The topological polar surface area (TPSA) is 76.3 Å². The van der Waals surface area contributed by atoms with Crippen LogP contribution in [0.3, 0.4) is 0 Å². The second kappa shape index (κ2) is 7.35. The van der Waals surface area contributed by atoms with Crippen LogP contribution in [-0.4, -0.2) is 34.0 Å². The van der Waals surface area contributed by atoms with Crippen molar-refractivity contribution in [1.29, 1.82) is 0 Å². The van der Waals surface area contributed by atoms with E-state index in [0.29, 0.717) is 6.42 Å². The molecule has 0 aliphatic carbocycles. The minimum atomic E-state index is -0.628. The normalized spacial score (nSPS) is 20.1. The van der Waals surface area contributed by atoms with Crippen LogP contribution < -0.4 is 15.9 Å². The van der Waals surface area contributed by atoms with Crippen LogP contribution in [0.15, 0.2) is 23.0 Å². The summed E-state index contributed by atoms with van der Waals surface area (Å²) in [6.45, 7) is 6.07. The van der Waals surface area contributed by atoms with E-state index >= 15 is 0 Å². The Labute approximate surface area is 152 Å². The van der Waals surface area contributed by atoms with Crippen LogP contribution in [0.4, 0.5) is 5.69 Å². The number of imidazole rings is 1. The monoisotopic (exact) mass is 358 g/mol. The lowest BCUT2D eigenvalue weighted by Crippen LogP contribution is -2.44. The number of aromatic nitrogens is 2. The molecule has 0 saturated carbocycles. The van der Waals surface area contributed by atoms with Crippen molar-refractivity contribution in [3.05, 3.63) is 28.7 Å². The van der Waals surface area contributed by atoms with Gasteiger partial charge in [0.05, 0.1) is 11.0 Å². The summed E-state index contributed by atoms with van der Waals surface area (Å²) >= 11 is 0. The number of nitrogens with zero attached hydrogens (tertiary/aromatic N) is 3. The molecule has 1 unspecified atom stereocenters.